The summed E-state index contributed by atoms with van der Waals surface area (Å²) < 4.78 is 13.0. The Hall–Kier alpha value is -2.77. The molecule has 6 nitrogen and oxygen atoms in total. The quantitative estimate of drug-likeness (QED) is 0.629. The van der Waals surface area contributed by atoms with E-state index in [4.69, 9.17) is 0 Å². The molecule has 0 spiro atoms. The van der Waals surface area contributed by atoms with Crippen molar-refractivity contribution in [2.75, 3.05) is 44.6 Å². The van der Waals surface area contributed by atoms with E-state index in [1.807, 2.05) is 31.2 Å². The molecule has 2 aromatic carbocycles. The number of carbonyl (C=O) groups excluding carboxylic acids is 2. The van der Waals surface area contributed by atoms with E-state index in [9.17, 15) is 14.0 Å². The number of benzene rings is 2. The minimum Gasteiger partial charge on any atom is -0.354 e. The van der Waals surface area contributed by atoms with Crippen LogP contribution in [0, 0.1) is 5.82 Å². The third-order valence-electron chi connectivity index (χ3n) is 6.00. The molecule has 1 heterocycles. The minimum atomic E-state index is -0.256. The van der Waals surface area contributed by atoms with Crippen LogP contribution in [-0.2, 0) is 22.4 Å². The van der Waals surface area contributed by atoms with Gasteiger partial charge in [0, 0.05) is 38.4 Å². The molecule has 1 aliphatic heterocycles. The maximum atomic E-state index is 13.0. The summed E-state index contributed by atoms with van der Waals surface area (Å²) in [4.78, 5) is 29.3. The molecule has 1 atom stereocenters. The molecule has 2 aromatic rings. The topological polar surface area (TPSA) is 64.7 Å². The second-order valence-electron chi connectivity index (χ2n) is 8.21. The van der Waals surface area contributed by atoms with Gasteiger partial charge in [0.2, 0.25) is 11.8 Å². The molecule has 1 saturated heterocycles. The first kappa shape index (κ1) is 23.9. The SMILES string of the molecule is CCc1ccccc1NC(=O)CN1CCN(C(C)C(=O)NCCc2ccc(F)cc2)CC1. The van der Waals surface area contributed by atoms with Crippen molar-refractivity contribution >= 4 is 17.5 Å². The average molecular weight is 441 g/mol. The number of hydrogen-bond acceptors (Lipinski definition) is 4. The molecule has 0 radical (unpaired) electrons. The van der Waals surface area contributed by atoms with Crippen LogP contribution in [0.4, 0.5) is 10.1 Å². The van der Waals surface area contributed by atoms with Gasteiger partial charge in [-0.3, -0.25) is 19.4 Å². The Balaban J connectivity index is 1.38. The van der Waals surface area contributed by atoms with Crippen LogP contribution in [0.3, 0.4) is 0 Å². The molecule has 172 valence electrons. The molecule has 0 aliphatic carbocycles. The lowest BCUT2D eigenvalue weighted by atomic mass is 10.1. The normalized spacial score (nSPS) is 15.8. The van der Waals surface area contributed by atoms with Crippen LogP contribution in [0.2, 0.25) is 0 Å². The zero-order chi connectivity index (χ0) is 22.9. The molecule has 0 saturated carbocycles. The summed E-state index contributed by atoms with van der Waals surface area (Å²) >= 11 is 0. The van der Waals surface area contributed by atoms with Crippen molar-refractivity contribution < 1.29 is 14.0 Å². The first-order chi connectivity index (χ1) is 15.5. The number of para-hydroxylation sites is 1. The van der Waals surface area contributed by atoms with E-state index >= 15 is 0 Å². The number of halogens is 1. The lowest BCUT2D eigenvalue weighted by Gasteiger charge is -2.37. The molecule has 1 fully saturated rings. The van der Waals surface area contributed by atoms with Gasteiger partial charge in [0.25, 0.3) is 0 Å². The number of nitrogens with zero attached hydrogens (tertiary/aromatic N) is 2. The average Bonchev–Trinajstić information content (AvgIpc) is 2.80. The van der Waals surface area contributed by atoms with Crippen molar-refractivity contribution in [2.24, 2.45) is 0 Å². The highest BCUT2D eigenvalue weighted by Crippen LogP contribution is 2.15. The van der Waals surface area contributed by atoms with Gasteiger partial charge in [-0.2, -0.15) is 0 Å². The molecular formula is C25H33FN4O2. The van der Waals surface area contributed by atoms with Gasteiger partial charge in [0.1, 0.15) is 5.82 Å². The Morgan fingerprint density at radius 3 is 2.41 bits per heavy atom. The number of piperazine rings is 1. The summed E-state index contributed by atoms with van der Waals surface area (Å²) in [6.45, 7) is 7.84. The molecule has 2 amide bonds. The number of anilines is 1. The fraction of sp³-hybridized carbons (Fsp3) is 0.440. The monoisotopic (exact) mass is 440 g/mol. The number of carbonyl (C=O) groups is 2. The van der Waals surface area contributed by atoms with E-state index < -0.39 is 0 Å². The summed E-state index contributed by atoms with van der Waals surface area (Å²) in [5.74, 6) is -0.269. The van der Waals surface area contributed by atoms with Gasteiger partial charge >= 0.3 is 0 Å². The van der Waals surface area contributed by atoms with Gasteiger partial charge in [-0.1, -0.05) is 37.3 Å². The van der Waals surface area contributed by atoms with Crippen molar-refractivity contribution in [3.05, 3.63) is 65.5 Å². The van der Waals surface area contributed by atoms with E-state index in [1.165, 1.54) is 12.1 Å². The molecular weight excluding hydrogens is 407 g/mol. The van der Waals surface area contributed by atoms with Gasteiger partial charge < -0.3 is 10.6 Å². The summed E-state index contributed by atoms with van der Waals surface area (Å²) in [6.07, 6.45) is 1.54. The highest BCUT2D eigenvalue weighted by molar-refractivity contribution is 5.93. The Bertz CT molecular complexity index is 895. The summed E-state index contributed by atoms with van der Waals surface area (Å²) in [6, 6.07) is 14.0. The van der Waals surface area contributed by atoms with Crippen molar-refractivity contribution in [2.45, 2.75) is 32.7 Å². The van der Waals surface area contributed by atoms with E-state index in [2.05, 4.69) is 27.4 Å². The Morgan fingerprint density at radius 1 is 1.03 bits per heavy atom. The van der Waals surface area contributed by atoms with Gasteiger partial charge in [0.05, 0.1) is 12.6 Å². The van der Waals surface area contributed by atoms with E-state index in [1.54, 1.807) is 12.1 Å². The molecule has 0 aromatic heterocycles. The molecule has 1 aliphatic rings. The van der Waals surface area contributed by atoms with Crippen molar-refractivity contribution in [3.63, 3.8) is 0 Å². The largest absolute Gasteiger partial charge is 0.354 e. The molecule has 1 unspecified atom stereocenters. The second-order valence-corrected chi connectivity index (χ2v) is 8.21. The molecule has 7 heteroatoms. The second kappa shape index (κ2) is 11.7. The van der Waals surface area contributed by atoms with E-state index in [0.717, 1.165) is 49.4 Å². The number of aryl methyl sites for hydroxylation is 1. The van der Waals surface area contributed by atoms with Crippen molar-refractivity contribution in [1.82, 2.24) is 15.1 Å². The molecule has 32 heavy (non-hydrogen) atoms. The zero-order valence-corrected chi connectivity index (χ0v) is 18.9. The van der Waals surface area contributed by atoms with Gasteiger partial charge in [-0.05, 0) is 49.1 Å². The summed E-state index contributed by atoms with van der Waals surface area (Å²) in [7, 11) is 0. The smallest absolute Gasteiger partial charge is 0.238 e. The van der Waals surface area contributed by atoms with Crippen molar-refractivity contribution in [1.29, 1.82) is 0 Å². The van der Waals surface area contributed by atoms with Crippen LogP contribution in [0.1, 0.15) is 25.0 Å². The number of rotatable bonds is 9. The van der Waals surface area contributed by atoms with Crippen LogP contribution >= 0.6 is 0 Å². The molecule has 3 rings (SSSR count). The highest BCUT2D eigenvalue weighted by Gasteiger charge is 2.26. The maximum Gasteiger partial charge on any atom is 0.238 e. The lowest BCUT2D eigenvalue weighted by Crippen LogP contribution is -2.54. The van der Waals surface area contributed by atoms with Gasteiger partial charge in [0.15, 0.2) is 0 Å². The third kappa shape index (κ3) is 6.87. The van der Waals surface area contributed by atoms with Crippen molar-refractivity contribution in [3.8, 4) is 0 Å². The van der Waals surface area contributed by atoms with E-state index in [-0.39, 0.29) is 23.7 Å². The highest BCUT2D eigenvalue weighted by atomic mass is 19.1. The van der Waals surface area contributed by atoms with Gasteiger partial charge in [-0.15, -0.1) is 0 Å². The number of hydrogen-bond donors (Lipinski definition) is 2. The predicted octanol–water partition coefficient (Wildman–Crippen LogP) is 2.69. The predicted molar refractivity (Wildman–Crippen MR) is 125 cm³/mol. The Kier molecular flexibility index (Phi) is 8.76. The van der Waals surface area contributed by atoms with Crippen LogP contribution in [-0.4, -0.2) is 66.9 Å². The first-order valence-electron chi connectivity index (χ1n) is 11.3. The number of nitrogens with one attached hydrogen (secondary N) is 2. The first-order valence-corrected chi connectivity index (χ1v) is 11.3. The fourth-order valence-corrected chi connectivity index (χ4v) is 3.95. The lowest BCUT2D eigenvalue weighted by molar-refractivity contribution is -0.127. The minimum absolute atomic E-state index is 0.00511. The molecule has 0 bridgehead atoms. The third-order valence-corrected chi connectivity index (χ3v) is 6.00. The van der Waals surface area contributed by atoms with E-state index in [0.29, 0.717) is 19.5 Å². The van der Waals surface area contributed by atoms with Gasteiger partial charge in [-0.25, -0.2) is 4.39 Å². The maximum absolute atomic E-state index is 13.0. The van der Waals surface area contributed by atoms with Crippen LogP contribution in [0.15, 0.2) is 48.5 Å². The van der Waals surface area contributed by atoms with Crippen LogP contribution in [0.25, 0.3) is 0 Å². The number of amides is 2. The van der Waals surface area contributed by atoms with Crippen LogP contribution < -0.4 is 10.6 Å². The summed E-state index contributed by atoms with van der Waals surface area (Å²) in [5, 5.41) is 5.99. The summed E-state index contributed by atoms with van der Waals surface area (Å²) in [5.41, 5.74) is 3.00. The van der Waals surface area contributed by atoms with Crippen LogP contribution in [0.5, 0.6) is 0 Å². The Labute approximate surface area is 189 Å². The fourth-order valence-electron chi connectivity index (χ4n) is 3.95. The standard InChI is InChI=1S/C25H33FN4O2/c1-3-21-6-4-5-7-23(21)28-24(31)18-29-14-16-30(17-15-29)19(2)25(32)27-13-12-20-8-10-22(26)11-9-20/h4-11,19H,3,12-18H2,1-2H3,(H,27,32)(H,28,31). The zero-order valence-electron chi connectivity index (χ0n) is 18.9. The Morgan fingerprint density at radius 2 is 1.72 bits per heavy atom. The molecule has 2 N–H and O–H groups in total.